The number of benzene rings is 1. The van der Waals surface area contributed by atoms with Crippen LogP contribution in [-0.4, -0.2) is 44.2 Å². The number of nitro groups is 1. The first-order valence-electron chi connectivity index (χ1n) is 8.55. The first-order valence-corrected chi connectivity index (χ1v) is 8.55. The predicted octanol–water partition coefficient (Wildman–Crippen LogP) is 1.95. The molecule has 10 nitrogen and oxygen atoms in total. The quantitative estimate of drug-likeness (QED) is 0.418. The van der Waals surface area contributed by atoms with Gasteiger partial charge >= 0.3 is 5.97 Å². The molecule has 1 aliphatic heterocycles. The lowest BCUT2D eigenvalue weighted by molar-refractivity contribution is -0.384. The Bertz CT molecular complexity index is 800. The number of nitrogens with zero attached hydrogens (tertiary/aromatic N) is 6. The number of aromatic nitrogens is 4. The molecule has 0 unspecified atom stereocenters. The summed E-state index contributed by atoms with van der Waals surface area (Å²) in [4.78, 5) is 25.2. The van der Waals surface area contributed by atoms with Gasteiger partial charge in [-0.15, -0.1) is 5.10 Å². The lowest BCUT2D eigenvalue weighted by Gasteiger charge is -2.17. The summed E-state index contributed by atoms with van der Waals surface area (Å²) in [5.41, 5.74) is 0.585. The van der Waals surface area contributed by atoms with Gasteiger partial charge in [0.25, 0.3) is 5.69 Å². The van der Waals surface area contributed by atoms with Crippen LogP contribution in [0, 0.1) is 10.1 Å². The third-order valence-corrected chi connectivity index (χ3v) is 4.23. The number of nitro benzene ring substituents is 1. The SMILES string of the molecule is CCCn1nnnc1COC(=O)c1ccc(N2CCCC2)c([N+](=O)[O-])c1. The van der Waals surface area contributed by atoms with Crippen molar-refractivity contribution < 1.29 is 14.5 Å². The van der Waals surface area contributed by atoms with Crippen molar-refractivity contribution in [3.63, 3.8) is 0 Å². The van der Waals surface area contributed by atoms with Crippen LogP contribution >= 0.6 is 0 Å². The van der Waals surface area contributed by atoms with Gasteiger partial charge in [0.1, 0.15) is 5.69 Å². The summed E-state index contributed by atoms with van der Waals surface area (Å²) < 4.78 is 6.78. The molecule has 1 saturated heterocycles. The van der Waals surface area contributed by atoms with Crippen LogP contribution in [0.1, 0.15) is 42.4 Å². The van der Waals surface area contributed by atoms with Crippen molar-refractivity contribution in [1.29, 1.82) is 0 Å². The maximum atomic E-state index is 12.3. The maximum absolute atomic E-state index is 12.3. The van der Waals surface area contributed by atoms with Crippen LogP contribution in [0.25, 0.3) is 0 Å². The molecule has 26 heavy (non-hydrogen) atoms. The Hall–Kier alpha value is -3.04. The molecule has 0 saturated carbocycles. The minimum atomic E-state index is -0.646. The molecule has 1 aromatic heterocycles. The van der Waals surface area contributed by atoms with E-state index >= 15 is 0 Å². The lowest BCUT2D eigenvalue weighted by atomic mass is 10.1. The molecule has 0 atom stereocenters. The summed E-state index contributed by atoms with van der Waals surface area (Å²) in [5.74, 6) is -0.212. The Kier molecular flexibility index (Phi) is 5.40. The number of hydrogen-bond acceptors (Lipinski definition) is 8. The van der Waals surface area contributed by atoms with E-state index in [9.17, 15) is 14.9 Å². The van der Waals surface area contributed by atoms with Gasteiger partial charge in [-0.05, 0) is 41.8 Å². The van der Waals surface area contributed by atoms with E-state index in [1.54, 1.807) is 16.8 Å². The first-order chi connectivity index (χ1) is 12.6. The molecule has 1 fully saturated rings. The maximum Gasteiger partial charge on any atom is 0.338 e. The van der Waals surface area contributed by atoms with Crippen LogP contribution in [0.4, 0.5) is 11.4 Å². The number of ether oxygens (including phenoxy) is 1. The van der Waals surface area contributed by atoms with Crippen LogP contribution in [-0.2, 0) is 17.9 Å². The van der Waals surface area contributed by atoms with Crippen molar-refractivity contribution in [2.24, 2.45) is 0 Å². The van der Waals surface area contributed by atoms with Gasteiger partial charge in [-0.3, -0.25) is 10.1 Å². The van der Waals surface area contributed by atoms with Gasteiger partial charge in [0.2, 0.25) is 0 Å². The topological polar surface area (TPSA) is 116 Å². The number of esters is 1. The Morgan fingerprint density at radius 1 is 1.35 bits per heavy atom. The minimum Gasteiger partial charge on any atom is -0.454 e. The standard InChI is InChI=1S/C16H20N6O4/c1-2-7-21-15(17-18-19-21)11-26-16(23)12-5-6-13(14(10-12)22(24)25)20-8-3-4-9-20/h5-6,10H,2-4,7-9,11H2,1H3. The van der Waals surface area contributed by atoms with E-state index in [0.29, 0.717) is 18.1 Å². The van der Waals surface area contributed by atoms with Crippen LogP contribution in [0.2, 0.25) is 0 Å². The Balaban J connectivity index is 1.73. The van der Waals surface area contributed by atoms with Gasteiger partial charge < -0.3 is 9.64 Å². The van der Waals surface area contributed by atoms with Crippen LogP contribution < -0.4 is 4.90 Å². The van der Waals surface area contributed by atoms with Crippen molar-refractivity contribution in [3.05, 3.63) is 39.7 Å². The molecule has 0 N–H and O–H groups in total. The fourth-order valence-electron chi connectivity index (χ4n) is 2.95. The second kappa shape index (κ2) is 7.89. The Labute approximate surface area is 149 Å². The van der Waals surface area contributed by atoms with E-state index in [1.807, 2.05) is 11.8 Å². The summed E-state index contributed by atoms with van der Waals surface area (Å²) in [6, 6.07) is 4.43. The van der Waals surface area contributed by atoms with Gasteiger partial charge in [-0.1, -0.05) is 6.92 Å². The number of rotatable bonds is 7. The molecule has 0 bridgehead atoms. The Morgan fingerprint density at radius 3 is 2.81 bits per heavy atom. The van der Waals surface area contributed by atoms with Gasteiger partial charge in [0.15, 0.2) is 12.4 Å². The van der Waals surface area contributed by atoms with E-state index < -0.39 is 10.9 Å². The zero-order chi connectivity index (χ0) is 18.5. The second-order valence-electron chi connectivity index (χ2n) is 6.05. The van der Waals surface area contributed by atoms with Crippen molar-refractivity contribution in [2.75, 3.05) is 18.0 Å². The van der Waals surface area contributed by atoms with E-state index in [0.717, 1.165) is 32.4 Å². The molecule has 1 aromatic carbocycles. The van der Waals surface area contributed by atoms with Crippen molar-refractivity contribution in [1.82, 2.24) is 20.2 Å². The zero-order valence-electron chi connectivity index (χ0n) is 14.5. The van der Waals surface area contributed by atoms with Crippen LogP contribution in [0.3, 0.4) is 0 Å². The molecular formula is C16H20N6O4. The molecule has 2 heterocycles. The summed E-state index contributed by atoms with van der Waals surface area (Å²) in [6.45, 7) is 4.08. The number of aryl methyl sites for hydroxylation is 1. The highest BCUT2D eigenvalue weighted by molar-refractivity contribution is 5.91. The monoisotopic (exact) mass is 360 g/mol. The second-order valence-corrected chi connectivity index (χ2v) is 6.05. The summed E-state index contributed by atoms with van der Waals surface area (Å²) in [7, 11) is 0. The average Bonchev–Trinajstić information content (AvgIpc) is 3.31. The van der Waals surface area contributed by atoms with Crippen molar-refractivity contribution in [2.45, 2.75) is 39.3 Å². The summed E-state index contributed by atoms with van der Waals surface area (Å²) in [5, 5.41) is 22.6. The molecular weight excluding hydrogens is 340 g/mol. The van der Waals surface area contributed by atoms with Crippen LogP contribution in [0.15, 0.2) is 18.2 Å². The lowest BCUT2D eigenvalue weighted by Crippen LogP contribution is -2.19. The van der Waals surface area contributed by atoms with Crippen molar-refractivity contribution >= 4 is 17.3 Å². The molecule has 0 spiro atoms. The number of tetrazole rings is 1. The highest BCUT2D eigenvalue weighted by atomic mass is 16.6. The largest absolute Gasteiger partial charge is 0.454 e. The highest BCUT2D eigenvalue weighted by Gasteiger charge is 2.24. The molecule has 2 aromatic rings. The van der Waals surface area contributed by atoms with Gasteiger partial charge in [0, 0.05) is 25.7 Å². The summed E-state index contributed by atoms with van der Waals surface area (Å²) >= 11 is 0. The molecule has 3 rings (SSSR count). The number of hydrogen-bond donors (Lipinski definition) is 0. The molecule has 0 radical (unpaired) electrons. The third kappa shape index (κ3) is 3.79. The minimum absolute atomic E-state index is 0.0860. The molecule has 10 heteroatoms. The van der Waals surface area contributed by atoms with Crippen LogP contribution in [0.5, 0.6) is 0 Å². The van der Waals surface area contributed by atoms with Gasteiger partial charge in [-0.25, -0.2) is 9.48 Å². The summed E-state index contributed by atoms with van der Waals surface area (Å²) in [6.07, 6.45) is 2.86. The van der Waals surface area contributed by atoms with E-state index in [2.05, 4.69) is 15.5 Å². The molecule has 1 aliphatic rings. The Morgan fingerprint density at radius 2 is 2.12 bits per heavy atom. The number of carbonyl (C=O) groups excluding carboxylic acids is 1. The third-order valence-electron chi connectivity index (χ3n) is 4.23. The number of carbonyl (C=O) groups is 1. The van der Waals surface area contributed by atoms with E-state index in [-0.39, 0.29) is 17.9 Å². The predicted molar refractivity (Wildman–Crippen MR) is 91.8 cm³/mol. The van der Waals surface area contributed by atoms with Gasteiger partial charge in [-0.2, -0.15) is 0 Å². The fraction of sp³-hybridized carbons (Fsp3) is 0.500. The zero-order valence-corrected chi connectivity index (χ0v) is 14.5. The number of anilines is 1. The fourth-order valence-corrected chi connectivity index (χ4v) is 2.95. The average molecular weight is 360 g/mol. The van der Waals surface area contributed by atoms with E-state index in [4.69, 9.17) is 4.74 Å². The van der Waals surface area contributed by atoms with E-state index in [1.165, 1.54) is 6.07 Å². The molecule has 0 aliphatic carbocycles. The normalized spacial score (nSPS) is 13.8. The first kappa shape index (κ1) is 17.8. The van der Waals surface area contributed by atoms with Crippen molar-refractivity contribution in [3.8, 4) is 0 Å². The smallest absolute Gasteiger partial charge is 0.338 e. The van der Waals surface area contributed by atoms with Gasteiger partial charge in [0.05, 0.1) is 10.5 Å². The molecule has 138 valence electrons. The highest BCUT2D eigenvalue weighted by Crippen LogP contribution is 2.31. The molecule has 0 amide bonds.